The van der Waals surface area contributed by atoms with Gasteiger partial charge in [0.05, 0.1) is 5.75 Å². The van der Waals surface area contributed by atoms with Crippen molar-refractivity contribution in [2.75, 3.05) is 11.5 Å². The molecule has 0 bridgehead atoms. The number of hydrogen-bond donors (Lipinski definition) is 2. The highest BCUT2D eigenvalue weighted by atomic mass is 32.2. The molecule has 0 aromatic carbocycles. The molecule has 1 amide bonds. The van der Waals surface area contributed by atoms with Crippen LogP contribution in [0.2, 0.25) is 0 Å². The average molecular weight is 300 g/mol. The molecule has 0 aliphatic heterocycles. The lowest BCUT2D eigenvalue weighted by Crippen LogP contribution is -2.33. The molecule has 0 radical (unpaired) electrons. The normalized spacial score (nSPS) is 11.3. The van der Waals surface area contributed by atoms with Gasteiger partial charge in [0.2, 0.25) is 5.91 Å². The third kappa shape index (κ3) is 4.80. The maximum absolute atomic E-state index is 11.7. The quantitative estimate of drug-likeness (QED) is 0.796. The molecule has 0 fully saturated rings. The highest BCUT2D eigenvalue weighted by Crippen LogP contribution is 2.03. The molecule has 0 spiro atoms. The van der Waals surface area contributed by atoms with Gasteiger partial charge < -0.3 is 10.3 Å². The van der Waals surface area contributed by atoms with Crippen LogP contribution in [0.4, 0.5) is 0 Å². The van der Waals surface area contributed by atoms with Crippen LogP contribution < -0.4 is 10.9 Å². The van der Waals surface area contributed by atoms with Gasteiger partial charge in [0.25, 0.3) is 5.56 Å². The fourth-order valence-corrected chi connectivity index (χ4v) is 3.19. The fourth-order valence-electron chi connectivity index (χ4n) is 1.92. The first kappa shape index (κ1) is 16.4. The van der Waals surface area contributed by atoms with E-state index < -0.39 is 21.5 Å². The van der Waals surface area contributed by atoms with Crippen LogP contribution in [0, 0.1) is 13.8 Å². The molecule has 0 unspecified atom stereocenters. The number of carbonyl (C=O) groups excluding carboxylic acids is 1. The largest absolute Gasteiger partial charge is 0.351 e. The van der Waals surface area contributed by atoms with Crippen molar-refractivity contribution < 1.29 is 13.2 Å². The number of sulfone groups is 1. The van der Waals surface area contributed by atoms with Crippen molar-refractivity contribution in [1.82, 2.24) is 10.3 Å². The first-order valence-electron chi connectivity index (χ1n) is 6.41. The predicted octanol–water partition coefficient (Wildman–Crippen LogP) is 0.433. The Morgan fingerprint density at radius 3 is 2.55 bits per heavy atom. The Kier molecular flexibility index (Phi) is 5.50. The lowest BCUT2D eigenvalue weighted by molar-refractivity contribution is -0.118. The summed E-state index contributed by atoms with van der Waals surface area (Å²) in [5.74, 6) is -1.13. The molecule has 0 aliphatic carbocycles. The molecular formula is C13H20N2O4S. The number of aromatic amines is 1. The van der Waals surface area contributed by atoms with Crippen LogP contribution in [0.15, 0.2) is 10.9 Å². The molecule has 112 valence electrons. The third-order valence-corrected chi connectivity index (χ3v) is 4.55. The number of H-pyrrole nitrogens is 1. The van der Waals surface area contributed by atoms with E-state index in [9.17, 15) is 18.0 Å². The predicted molar refractivity (Wildman–Crippen MR) is 77.3 cm³/mol. The number of nitrogens with one attached hydrogen (secondary N) is 2. The maximum Gasteiger partial charge on any atom is 0.253 e. The summed E-state index contributed by atoms with van der Waals surface area (Å²) in [5, 5.41) is 2.48. The van der Waals surface area contributed by atoms with Crippen molar-refractivity contribution in [3.63, 3.8) is 0 Å². The number of rotatable bonds is 6. The minimum Gasteiger partial charge on any atom is -0.351 e. The van der Waals surface area contributed by atoms with Gasteiger partial charge in [-0.05, 0) is 31.9 Å². The van der Waals surface area contributed by atoms with E-state index in [1.807, 2.05) is 0 Å². The highest BCUT2D eigenvalue weighted by Gasteiger charge is 2.16. The summed E-state index contributed by atoms with van der Waals surface area (Å²) in [5.41, 5.74) is 1.69. The van der Waals surface area contributed by atoms with Crippen molar-refractivity contribution >= 4 is 15.7 Å². The van der Waals surface area contributed by atoms with Gasteiger partial charge in [-0.15, -0.1) is 0 Å². The first-order chi connectivity index (χ1) is 9.25. The Morgan fingerprint density at radius 1 is 1.35 bits per heavy atom. The van der Waals surface area contributed by atoms with Crippen molar-refractivity contribution in [2.24, 2.45) is 0 Å². The van der Waals surface area contributed by atoms with Gasteiger partial charge in [-0.2, -0.15) is 0 Å². The zero-order valence-electron chi connectivity index (χ0n) is 11.9. The standard InChI is InChI=1S/C13H20N2O4S/c1-4-5-20(18,19)8-12(16)14-7-11-9(2)6-10(3)15-13(11)17/h6H,4-5,7-8H2,1-3H3,(H,14,16)(H,15,17). The number of aryl methyl sites for hydroxylation is 2. The maximum atomic E-state index is 11.7. The van der Waals surface area contributed by atoms with Crippen molar-refractivity contribution in [2.45, 2.75) is 33.7 Å². The summed E-state index contributed by atoms with van der Waals surface area (Å²) in [6, 6.07) is 1.80. The van der Waals surface area contributed by atoms with E-state index in [1.165, 1.54) is 0 Å². The van der Waals surface area contributed by atoms with E-state index in [0.717, 1.165) is 11.3 Å². The van der Waals surface area contributed by atoms with Crippen molar-refractivity contribution in [1.29, 1.82) is 0 Å². The Balaban J connectivity index is 2.69. The molecule has 0 saturated heterocycles. The molecule has 0 saturated carbocycles. The van der Waals surface area contributed by atoms with Gasteiger partial charge in [-0.3, -0.25) is 9.59 Å². The van der Waals surface area contributed by atoms with Crippen molar-refractivity contribution in [3.8, 4) is 0 Å². The van der Waals surface area contributed by atoms with Gasteiger partial charge in [0.1, 0.15) is 5.75 Å². The number of hydrogen-bond acceptors (Lipinski definition) is 4. The molecular weight excluding hydrogens is 280 g/mol. The smallest absolute Gasteiger partial charge is 0.253 e. The molecule has 6 nitrogen and oxygen atoms in total. The number of carbonyl (C=O) groups is 1. The lowest BCUT2D eigenvalue weighted by atomic mass is 10.1. The minimum atomic E-state index is -3.36. The van der Waals surface area contributed by atoms with Crippen LogP contribution in [-0.4, -0.2) is 30.8 Å². The van der Waals surface area contributed by atoms with Crippen LogP contribution in [-0.2, 0) is 21.2 Å². The SMILES string of the molecule is CCCS(=O)(=O)CC(=O)NCc1c(C)cc(C)[nH]c1=O. The second kappa shape index (κ2) is 6.69. The van der Waals surface area contributed by atoms with Crippen LogP contribution in [0.5, 0.6) is 0 Å². The van der Waals surface area contributed by atoms with Crippen LogP contribution in [0.25, 0.3) is 0 Å². The van der Waals surface area contributed by atoms with Crippen molar-refractivity contribution in [3.05, 3.63) is 33.2 Å². The van der Waals surface area contributed by atoms with E-state index in [1.54, 1.807) is 26.8 Å². The molecule has 0 aliphatic rings. The first-order valence-corrected chi connectivity index (χ1v) is 8.24. The average Bonchev–Trinajstić information content (AvgIpc) is 2.26. The minimum absolute atomic E-state index is 0.00936. The second-order valence-corrected chi connectivity index (χ2v) is 7.00. The molecule has 20 heavy (non-hydrogen) atoms. The molecule has 1 rings (SSSR count). The van der Waals surface area contributed by atoms with Crippen LogP contribution >= 0.6 is 0 Å². The molecule has 0 atom stereocenters. The number of aromatic nitrogens is 1. The van der Waals surface area contributed by atoms with E-state index in [-0.39, 0.29) is 17.9 Å². The topological polar surface area (TPSA) is 96.1 Å². The highest BCUT2D eigenvalue weighted by molar-refractivity contribution is 7.92. The number of amides is 1. The Hall–Kier alpha value is -1.63. The zero-order valence-corrected chi connectivity index (χ0v) is 12.8. The fraction of sp³-hybridized carbons (Fsp3) is 0.538. The monoisotopic (exact) mass is 300 g/mol. The van der Waals surface area contributed by atoms with Crippen LogP contribution in [0.1, 0.15) is 30.2 Å². The molecule has 7 heteroatoms. The molecule has 1 aromatic rings. The molecule has 1 heterocycles. The summed E-state index contributed by atoms with van der Waals surface area (Å²) in [6.45, 7) is 5.32. The molecule has 2 N–H and O–H groups in total. The summed E-state index contributed by atoms with van der Waals surface area (Å²) in [4.78, 5) is 26.0. The van der Waals surface area contributed by atoms with Crippen LogP contribution in [0.3, 0.4) is 0 Å². The van der Waals surface area contributed by atoms with E-state index in [4.69, 9.17) is 0 Å². The van der Waals surface area contributed by atoms with E-state index >= 15 is 0 Å². The third-order valence-electron chi connectivity index (χ3n) is 2.82. The molecule has 1 aromatic heterocycles. The summed E-state index contributed by atoms with van der Waals surface area (Å²) in [6.07, 6.45) is 0.479. The van der Waals surface area contributed by atoms with Gasteiger partial charge in [0.15, 0.2) is 9.84 Å². The van der Waals surface area contributed by atoms with E-state index in [2.05, 4.69) is 10.3 Å². The second-order valence-electron chi connectivity index (χ2n) is 4.81. The Labute approximate surface area is 118 Å². The van der Waals surface area contributed by atoms with E-state index in [0.29, 0.717) is 12.0 Å². The van der Waals surface area contributed by atoms with Gasteiger partial charge in [0, 0.05) is 17.8 Å². The number of pyridine rings is 1. The summed E-state index contributed by atoms with van der Waals surface area (Å²) >= 11 is 0. The van der Waals surface area contributed by atoms with Gasteiger partial charge >= 0.3 is 0 Å². The lowest BCUT2D eigenvalue weighted by Gasteiger charge is -2.08. The Bertz CT molecular complexity index is 647. The summed E-state index contributed by atoms with van der Waals surface area (Å²) in [7, 11) is -3.36. The zero-order chi connectivity index (χ0) is 15.3. The Morgan fingerprint density at radius 2 is 2.00 bits per heavy atom. The van der Waals surface area contributed by atoms with Gasteiger partial charge in [-0.1, -0.05) is 6.92 Å². The van der Waals surface area contributed by atoms with Gasteiger partial charge in [-0.25, -0.2) is 8.42 Å². The summed E-state index contributed by atoms with van der Waals surface area (Å²) < 4.78 is 23.0.